The predicted molar refractivity (Wildman–Crippen MR) is 70.8 cm³/mol. The summed E-state index contributed by atoms with van der Waals surface area (Å²) in [5.74, 6) is 1.26. The van der Waals surface area contributed by atoms with Crippen molar-refractivity contribution in [3.63, 3.8) is 0 Å². The second-order valence-electron chi connectivity index (χ2n) is 4.90. The summed E-state index contributed by atoms with van der Waals surface area (Å²) >= 11 is 6.09. The fourth-order valence-corrected chi connectivity index (χ4v) is 1.33. The number of aromatic nitrogens is 2. The van der Waals surface area contributed by atoms with Crippen LogP contribution in [0, 0.1) is 6.92 Å². The van der Waals surface area contributed by atoms with E-state index in [0.717, 1.165) is 5.56 Å². The summed E-state index contributed by atoms with van der Waals surface area (Å²) in [4.78, 5) is 8.71. The SMILES string of the molecule is C/C=C/COc1nc(C(C)(C)C)nc(Cl)c1C. The quantitative estimate of drug-likeness (QED) is 0.610. The highest BCUT2D eigenvalue weighted by molar-refractivity contribution is 6.30. The molecule has 0 bridgehead atoms. The minimum absolute atomic E-state index is 0.143. The summed E-state index contributed by atoms with van der Waals surface area (Å²) in [5.41, 5.74) is 0.639. The van der Waals surface area contributed by atoms with Crippen LogP contribution in [0.25, 0.3) is 0 Å². The standard InChI is InChI=1S/C13H19ClN2O/c1-6-7-8-17-11-9(2)10(14)15-12(16-11)13(3,4)5/h6-7H,8H2,1-5H3/b7-6+. The molecular formula is C13H19ClN2O. The third-order valence-corrected chi connectivity index (χ3v) is 2.63. The second-order valence-corrected chi connectivity index (χ2v) is 5.26. The molecule has 0 aliphatic carbocycles. The van der Waals surface area contributed by atoms with Crippen LogP contribution in [-0.4, -0.2) is 16.6 Å². The summed E-state index contributed by atoms with van der Waals surface area (Å²) in [5, 5.41) is 0.459. The van der Waals surface area contributed by atoms with Gasteiger partial charge in [-0.3, -0.25) is 0 Å². The van der Waals surface area contributed by atoms with Gasteiger partial charge in [0.2, 0.25) is 5.88 Å². The lowest BCUT2D eigenvalue weighted by Gasteiger charge is -2.18. The zero-order valence-corrected chi connectivity index (χ0v) is 11.8. The second kappa shape index (κ2) is 5.50. The van der Waals surface area contributed by atoms with Crippen LogP contribution in [0.5, 0.6) is 5.88 Å². The summed E-state index contributed by atoms with van der Waals surface area (Å²) in [6.07, 6.45) is 3.86. The maximum Gasteiger partial charge on any atom is 0.221 e. The number of ether oxygens (including phenoxy) is 1. The molecule has 0 aliphatic rings. The first-order valence-electron chi connectivity index (χ1n) is 5.65. The molecule has 0 aromatic carbocycles. The van der Waals surface area contributed by atoms with Crippen LogP contribution < -0.4 is 4.74 Å². The van der Waals surface area contributed by atoms with E-state index >= 15 is 0 Å². The van der Waals surface area contributed by atoms with Crippen molar-refractivity contribution in [2.24, 2.45) is 0 Å². The lowest BCUT2D eigenvalue weighted by molar-refractivity contribution is 0.339. The number of nitrogens with zero attached hydrogens (tertiary/aromatic N) is 2. The molecule has 1 heterocycles. The molecule has 0 fully saturated rings. The average Bonchev–Trinajstić information content (AvgIpc) is 2.22. The maximum atomic E-state index is 6.09. The van der Waals surface area contributed by atoms with Crippen molar-refractivity contribution < 1.29 is 4.74 Å². The van der Waals surface area contributed by atoms with Gasteiger partial charge in [-0.15, -0.1) is 0 Å². The molecule has 0 atom stereocenters. The summed E-state index contributed by atoms with van der Waals surface area (Å²) in [7, 11) is 0. The number of halogens is 1. The van der Waals surface area contributed by atoms with Crippen molar-refractivity contribution in [1.29, 1.82) is 0 Å². The van der Waals surface area contributed by atoms with Gasteiger partial charge >= 0.3 is 0 Å². The van der Waals surface area contributed by atoms with Crippen LogP contribution in [0.4, 0.5) is 0 Å². The largest absolute Gasteiger partial charge is 0.473 e. The first-order chi connectivity index (χ1) is 7.86. The first kappa shape index (κ1) is 14.0. The molecule has 0 radical (unpaired) electrons. The predicted octanol–water partition coefficient (Wildman–Crippen LogP) is 3.69. The van der Waals surface area contributed by atoms with Crippen molar-refractivity contribution in [3.8, 4) is 5.88 Å². The number of rotatable bonds is 3. The van der Waals surface area contributed by atoms with Gasteiger partial charge in [0, 0.05) is 11.0 Å². The van der Waals surface area contributed by atoms with Gasteiger partial charge in [-0.05, 0) is 13.8 Å². The van der Waals surface area contributed by atoms with E-state index in [0.29, 0.717) is 23.5 Å². The average molecular weight is 255 g/mol. The fraction of sp³-hybridized carbons (Fsp3) is 0.538. The van der Waals surface area contributed by atoms with E-state index in [-0.39, 0.29) is 5.41 Å². The molecule has 0 spiro atoms. The summed E-state index contributed by atoms with van der Waals surface area (Å²) in [6.45, 7) is 10.4. The maximum absolute atomic E-state index is 6.09. The Morgan fingerprint density at radius 2 is 1.94 bits per heavy atom. The molecule has 3 nitrogen and oxygen atoms in total. The van der Waals surface area contributed by atoms with E-state index in [1.807, 2.05) is 46.8 Å². The van der Waals surface area contributed by atoms with Crippen LogP contribution in [0.2, 0.25) is 5.15 Å². The zero-order chi connectivity index (χ0) is 13.1. The van der Waals surface area contributed by atoms with Crippen molar-refractivity contribution in [1.82, 2.24) is 9.97 Å². The zero-order valence-electron chi connectivity index (χ0n) is 11.0. The van der Waals surface area contributed by atoms with Crippen LogP contribution in [0.15, 0.2) is 12.2 Å². The van der Waals surface area contributed by atoms with E-state index in [2.05, 4.69) is 9.97 Å². The third-order valence-electron chi connectivity index (χ3n) is 2.26. The van der Waals surface area contributed by atoms with Gasteiger partial charge in [0.05, 0.1) is 0 Å². The highest BCUT2D eigenvalue weighted by atomic mass is 35.5. The highest BCUT2D eigenvalue weighted by Crippen LogP contribution is 2.27. The van der Waals surface area contributed by atoms with Crippen molar-refractivity contribution in [2.45, 2.75) is 40.0 Å². The number of allylic oxidation sites excluding steroid dienone is 1. The van der Waals surface area contributed by atoms with Gasteiger partial charge in [-0.1, -0.05) is 44.5 Å². The molecule has 0 unspecified atom stereocenters. The molecular weight excluding hydrogens is 236 g/mol. The van der Waals surface area contributed by atoms with Crippen LogP contribution in [-0.2, 0) is 5.41 Å². The van der Waals surface area contributed by atoms with Crippen LogP contribution in [0.1, 0.15) is 39.1 Å². The molecule has 1 aromatic heterocycles. The Morgan fingerprint density at radius 1 is 1.29 bits per heavy atom. The van der Waals surface area contributed by atoms with Crippen LogP contribution >= 0.6 is 11.6 Å². The molecule has 0 aliphatic heterocycles. The van der Waals surface area contributed by atoms with E-state index in [1.165, 1.54) is 0 Å². The van der Waals surface area contributed by atoms with E-state index in [4.69, 9.17) is 16.3 Å². The molecule has 0 N–H and O–H groups in total. The van der Waals surface area contributed by atoms with Gasteiger partial charge in [-0.2, -0.15) is 4.98 Å². The Hall–Kier alpha value is -1.09. The Labute approximate surface area is 108 Å². The topological polar surface area (TPSA) is 35.0 Å². The highest BCUT2D eigenvalue weighted by Gasteiger charge is 2.21. The molecule has 17 heavy (non-hydrogen) atoms. The third kappa shape index (κ3) is 3.70. The monoisotopic (exact) mass is 254 g/mol. The van der Waals surface area contributed by atoms with E-state index in [9.17, 15) is 0 Å². The van der Waals surface area contributed by atoms with Crippen LogP contribution in [0.3, 0.4) is 0 Å². The molecule has 94 valence electrons. The van der Waals surface area contributed by atoms with Gasteiger partial charge in [0.15, 0.2) is 0 Å². The van der Waals surface area contributed by atoms with Gasteiger partial charge in [0.25, 0.3) is 0 Å². The number of hydrogen-bond donors (Lipinski definition) is 0. The van der Waals surface area contributed by atoms with E-state index in [1.54, 1.807) is 0 Å². The molecule has 0 saturated carbocycles. The Morgan fingerprint density at radius 3 is 2.47 bits per heavy atom. The van der Waals surface area contributed by atoms with Gasteiger partial charge in [0.1, 0.15) is 17.6 Å². The molecule has 4 heteroatoms. The Bertz CT molecular complexity index is 422. The van der Waals surface area contributed by atoms with E-state index < -0.39 is 0 Å². The summed E-state index contributed by atoms with van der Waals surface area (Å²) in [6, 6.07) is 0. The molecule has 0 saturated heterocycles. The Kier molecular flexibility index (Phi) is 4.52. The molecule has 0 amide bonds. The molecule has 1 rings (SSSR count). The molecule has 1 aromatic rings. The minimum Gasteiger partial charge on any atom is -0.473 e. The Balaban J connectivity index is 3.07. The normalized spacial score (nSPS) is 12.1. The minimum atomic E-state index is -0.143. The summed E-state index contributed by atoms with van der Waals surface area (Å²) < 4.78 is 5.57. The van der Waals surface area contributed by atoms with Crippen molar-refractivity contribution in [3.05, 3.63) is 28.7 Å². The van der Waals surface area contributed by atoms with Crippen molar-refractivity contribution in [2.75, 3.05) is 6.61 Å². The smallest absolute Gasteiger partial charge is 0.221 e. The van der Waals surface area contributed by atoms with Gasteiger partial charge < -0.3 is 4.74 Å². The lowest BCUT2D eigenvalue weighted by atomic mass is 9.96. The first-order valence-corrected chi connectivity index (χ1v) is 6.02. The van der Waals surface area contributed by atoms with Gasteiger partial charge in [-0.25, -0.2) is 4.98 Å². The number of hydrogen-bond acceptors (Lipinski definition) is 3. The lowest BCUT2D eigenvalue weighted by Crippen LogP contribution is -2.17. The fourth-order valence-electron chi connectivity index (χ4n) is 1.17. The van der Waals surface area contributed by atoms with Crippen molar-refractivity contribution >= 4 is 11.6 Å².